The molecule has 4 heteroatoms. The first-order chi connectivity index (χ1) is 9.13. The molecule has 0 saturated carbocycles. The Morgan fingerprint density at radius 1 is 1.26 bits per heavy atom. The summed E-state index contributed by atoms with van der Waals surface area (Å²) in [5.41, 5.74) is 8.03. The average Bonchev–Trinajstić information content (AvgIpc) is 2.46. The largest absolute Gasteiger partial charge is 0.497 e. The van der Waals surface area contributed by atoms with E-state index in [1.54, 1.807) is 13.3 Å². The zero-order chi connectivity index (χ0) is 13.8. The first-order valence-corrected chi connectivity index (χ1v) is 6.21. The van der Waals surface area contributed by atoms with Crippen molar-refractivity contribution in [1.82, 2.24) is 4.98 Å². The van der Waals surface area contributed by atoms with Crippen molar-refractivity contribution in [3.05, 3.63) is 48.2 Å². The number of rotatable bonds is 4. The van der Waals surface area contributed by atoms with Crippen molar-refractivity contribution in [2.75, 3.05) is 19.1 Å². The second-order valence-corrected chi connectivity index (χ2v) is 4.47. The molecule has 100 valence electrons. The van der Waals surface area contributed by atoms with Crippen LogP contribution in [0.25, 0.3) is 0 Å². The zero-order valence-corrected chi connectivity index (χ0v) is 11.5. The fourth-order valence-electron chi connectivity index (χ4n) is 1.99. The van der Waals surface area contributed by atoms with Gasteiger partial charge in [-0.1, -0.05) is 12.1 Å². The predicted octanol–water partition coefficient (Wildman–Crippen LogP) is 2.88. The Labute approximate surface area is 113 Å². The van der Waals surface area contributed by atoms with E-state index in [0.29, 0.717) is 0 Å². The molecule has 0 aliphatic heterocycles. The lowest BCUT2D eigenvalue weighted by Gasteiger charge is -2.23. The number of ether oxygens (including phenoxy) is 1. The van der Waals surface area contributed by atoms with Gasteiger partial charge in [0.15, 0.2) is 0 Å². The molecule has 2 rings (SSSR count). The second-order valence-electron chi connectivity index (χ2n) is 4.47. The van der Waals surface area contributed by atoms with E-state index >= 15 is 0 Å². The van der Waals surface area contributed by atoms with Crippen LogP contribution in [0.4, 0.5) is 11.5 Å². The number of hydrogen-bond acceptors (Lipinski definition) is 4. The Morgan fingerprint density at radius 3 is 2.74 bits per heavy atom. The molecule has 0 unspecified atom stereocenters. The summed E-state index contributed by atoms with van der Waals surface area (Å²) in [6, 6.07) is 11.7. The lowest BCUT2D eigenvalue weighted by Crippen LogP contribution is -2.17. The Morgan fingerprint density at radius 2 is 2.05 bits per heavy atom. The zero-order valence-electron chi connectivity index (χ0n) is 11.5. The van der Waals surface area contributed by atoms with Crippen LogP contribution in [-0.2, 0) is 0 Å². The molecule has 0 amide bonds. The van der Waals surface area contributed by atoms with Crippen molar-refractivity contribution < 1.29 is 4.74 Å². The molecule has 2 aromatic rings. The van der Waals surface area contributed by atoms with Gasteiger partial charge in [-0.2, -0.15) is 0 Å². The van der Waals surface area contributed by atoms with Gasteiger partial charge in [0.05, 0.1) is 7.11 Å². The van der Waals surface area contributed by atoms with Gasteiger partial charge in [-0.05, 0) is 25.1 Å². The highest BCUT2D eigenvalue weighted by Gasteiger charge is 2.13. The second kappa shape index (κ2) is 5.71. The van der Waals surface area contributed by atoms with Gasteiger partial charge in [-0.3, -0.25) is 0 Å². The predicted molar refractivity (Wildman–Crippen MR) is 77.9 cm³/mol. The molecule has 0 spiro atoms. The molecule has 19 heavy (non-hydrogen) atoms. The SMILES string of the molecule is COc1cccc(N(C)c2ncccc2[C@@H](C)N)c1. The molecule has 0 radical (unpaired) electrons. The standard InChI is InChI=1S/C15H19N3O/c1-11(16)14-8-5-9-17-15(14)18(2)12-6-4-7-13(10-12)19-3/h4-11H,16H2,1-3H3/t11-/m1/s1. The minimum absolute atomic E-state index is 0.0586. The lowest BCUT2D eigenvalue weighted by atomic mass is 10.1. The third-order valence-corrected chi connectivity index (χ3v) is 3.07. The number of nitrogens with zero attached hydrogens (tertiary/aromatic N) is 2. The Kier molecular flexibility index (Phi) is 4.02. The van der Waals surface area contributed by atoms with Gasteiger partial charge < -0.3 is 15.4 Å². The van der Waals surface area contributed by atoms with E-state index in [-0.39, 0.29) is 6.04 Å². The van der Waals surface area contributed by atoms with E-state index in [1.165, 1.54) is 0 Å². The van der Waals surface area contributed by atoms with Crippen LogP contribution in [0.2, 0.25) is 0 Å². The maximum Gasteiger partial charge on any atom is 0.137 e. The van der Waals surface area contributed by atoms with Gasteiger partial charge in [-0.15, -0.1) is 0 Å². The van der Waals surface area contributed by atoms with Crippen LogP contribution >= 0.6 is 0 Å². The van der Waals surface area contributed by atoms with Crippen LogP contribution in [0.1, 0.15) is 18.5 Å². The molecule has 4 nitrogen and oxygen atoms in total. The minimum atomic E-state index is -0.0586. The van der Waals surface area contributed by atoms with Gasteiger partial charge in [-0.25, -0.2) is 4.98 Å². The molecule has 0 bridgehead atoms. The van der Waals surface area contributed by atoms with E-state index in [9.17, 15) is 0 Å². The fourth-order valence-corrected chi connectivity index (χ4v) is 1.99. The summed E-state index contributed by atoms with van der Waals surface area (Å²) in [5, 5.41) is 0. The Balaban J connectivity index is 2.40. The molecule has 0 aliphatic carbocycles. The highest BCUT2D eigenvalue weighted by Crippen LogP contribution is 2.29. The van der Waals surface area contributed by atoms with Gasteiger partial charge in [0.25, 0.3) is 0 Å². The topological polar surface area (TPSA) is 51.4 Å². The summed E-state index contributed by atoms with van der Waals surface area (Å²) in [4.78, 5) is 6.45. The number of benzene rings is 1. The third-order valence-electron chi connectivity index (χ3n) is 3.07. The molecule has 2 N–H and O–H groups in total. The molecule has 0 fully saturated rings. The highest BCUT2D eigenvalue weighted by molar-refractivity contribution is 5.63. The summed E-state index contributed by atoms with van der Waals surface area (Å²) in [6.07, 6.45) is 1.78. The van der Waals surface area contributed by atoms with Gasteiger partial charge >= 0.3 is 0 Å². The van der Waals surface area contributed by atoms with Crippen LogP contribution in [0.15, 0.2) is 42.6 Å². The molecular weight excluding hydrogens is 238 g/mol. The summed E-state index contributed by atoms with van der Waals surface area (Å²) >= 11 is 0. The van der Waals surface area contributed by atoms with Crippen molar-refractivity contribution >= 4 is 11.5 Å². The number of hydrogen-bond donors (Lipinski definition) is 1. The summed E-state index contributed by atoms with van der Waals surface area (Å²) in [5.74, 6) is 1.69. The number of aromatic nitrogens is 1. The molecule has 0 aliphatic rings. The van der Waals surface area contributed by atoms with Crippen molar-refractivity contribution in [2.24, 2.45) is 5.73 Å². The van der Waals surface area contributed by atoms with E-state index < -0.39 is 0 Å². The van der Waals surface area contributed by atoms with Gasteiger partial charge in [0.2, 0.25) is 0 Å². The van der Waals surface area contributed by atoms with Gasteiger partial charge in [0.1, 0.15) is 11.6 Å². The molecule has 1 heterocycles. The van der Waals surface area contributed by atoms with E-state index in [1.807, 2.05) is 55.3 Å². The first kappa shape index (κ1) is 13.4. The van der Waals surface area contributed by atoms with Crippen LogP contribution in [0.5, 0.6) is 5.75 Å². The van der Waals surface area contributed by atoms with Gasteiger partial charge in [0, 0.05) is 36.6 Å². The summed E-state index contributed by atoms with van der Waals surface area (Å²) < 4.78 is 5.25. The quantitative estimate of drug-likeness (QED) is 0.915. The van der Waals surface area contributed by atoms with Crippen molar-refractivity contribution in [2.45, 2.75) is 13.0 Å². The molecule has 0 saturated heterocycles. The Hall–Kier alpha value is -2.07. The maximum atomic E-state index is 6.00. The number of methoxy groups -OCH3 is 1. The van der Waals surface area contributed by atoms with E-state index in [2.05, 4.69) is 4.98 Å². The number of anilines is 2. The van der Waals surface area contributed by atoms with Crippen molar-refractivity contribution in [3.63, 3.8) is 0 Å². The van der Waals surface area contributed by atoms with Crippen molar-refractivity contribution in [3.8, 4) is 5.75 Å². The highest BCUT2D eigenvalue weighted by atomic mass is 16.5. The summed E-state index contributed by atoms with van der Waals surface area (Å²) in [7, 11) is 3.64. The van der Waals surface area contributed by atoms with E-state index in [0.717, 1.165) is 22.8 Å². The van der Waals surface area contributed by atoms with Crippen LogP contribution in [-0.4, -0.2) is 19.1 Å². The maximum absolute atomic E-state index is 6.00. The third kappa shape index (κ3) is 2.85. The first-order valence-electron chi connectivity index (χ1n) is 6.21. The monoisotopic (exact) mass is 257 g/mol. The lowest BCUT2D eigenvalue weighted by molar-refractivity contribution is 0.415. The minimum Gasteiger partial charge on any atom is -0.497 e. The molecule has 1 atom stereocenters. The smallest absolute Gasteiger partial charge is 0.137 e. The molecular formula is C15H19N3O. The Bertz CT molecular complexity index is 555. The molecule has 1 aromatic carbocycles. The number of nitrogens with two attached hydrogens (primary N) is 1. The van der Waals surface area contributed by atoms with Crippen LogP contribution < -0.4 is 15.4 Å². The normalized spacial score (nSPS) is 12.0. The van der Waals surface area contributed by atoms with Crippen molar-refractivity contribution in [1.29, 1.82) is 0 Å². The van der Waals surface area contributed by atoms with Crippen LogP contribution in [0.3, 0.4) is 0 Å². The van der Waals surface area contributed by atoms with Crippen LogP contribution in [0, 0.1) is 0 Å². The summed E-state index contributed by atoms with van der Waals surface area (Å²) in [6.45, 7) is 1.96. The molecule has 1 aromatic heterocycles. The number of pyridine rings is 1. The fraction of sp³-hybridized carbons (Fsp3) is 0.267. The van der Waals surface area contributed by atoms with E-state index in [4.69, 9.17) is 10.5 Å². The average molecular weight is 257 g/mol.